The van der Waals surface area contributed by atoms with E-state index >= 15 is 0 Å². The van der Waals surface area contributed by atoms with E-state index in [1.165, 1.54) is 47.0 Å². The van der Waals surface area contributed by atoms with Gasteiger partial charge in [-0.3, -0.25) is 9.69 Å². The van der Waals surface area contributed by atoms with Crippen molar-refractivity contribution in [2.45, 2.75) is 37.6 Å². The topological polar surface area (TPSA) is 96.0 Å². The van der Waals surface area contributed by atoms with E-state index in [-0.39, 0.29) is 4.90 Å². The van der Waals surface area contributed by atoms with Gasteiger partial charge in [0, 0.05) is 36.6 Å². The van der Waals surface area contributed by atoms with Gasteiger partial charge >= 0.3 is 5.97 Å². The maximum Gasteiger partial charge on any atom is 0.341 e. The number of thiophene rings is 1. The zero-order chi connectivity index (χ0) is 22.9. The van der Waals surface area contributed by atoms with Crippen LogP contribution in [0.25, 0.3) is 0 Å². The lowest BCUT2D eigenvalue weighted by molar-refractivity contribution is 0.0600. The maximum atomic E-state index is 12.9. The highest BCUT2D eigenvalue weighted by Crippen LogP contribution is 2.37. The number of nitrogens with zero attached hydrogens (tertiary/aromatic N) is 2. The van der Waals surface area contributed by atoms with Crippen LogP contribution < -0.4 is 5.32 Å². The van der Waals surface area contributed by atoms with Gasteiger partial charge < -0.3 is 10.1 Å². The number of ether oxygens (including phenoxy) is 1. The first-order valence-electron chi connectivity index (χ1n) is 10.7. The standard InChI is InChI=1S/C22H27N3O5S2/c1-3-24-13-10-17-18(14-24)31-21(19(17)22(27)30-2)23-20(26)15-6-8-16(9-7-15)32(28,29)25-11-4-5-12-25/h6-9H,3-5,10-14H2,1-2H3,(H,23,26). The lowest BCUT2D eigenvalue weighted by Gasteiger charge is -2.25. The number of anilines is 1. The van der Waals surface area contributed by atoms with Crippen LogP contribution in [0.15, 0.2) is 29.2 Å². The minimum Gasteiger partial charge on any atom is -0.465 e. The fraction of sp³-hybridized carbons (Fsp3) is 0.455. The van der Waals surface area contributed by atoms with E-state index in [4.69, 9.17) is 4.74 Å². The summed E-state index contributed by atoms with van der Waals surface area (Å²) in [7, 11) is -2.20. The van der Waals surface area contributed by atoms with Gasteiger partial charge in [-0.2, -0.15) is 4.31 Å². The summed E-state index contributed by atoms with van der Waals surface area (Å²) in [5.74, 6) is -0.860. The van der Waals surface area contributed by atoms with Crippen LogP contribution in [0.3, 0.4) is 0 Å². The number of benzene rings is 1. The molecular formula is C22H27N3O5S2. The highest BCUT2D eigenvalue weighted by molar-refractivity contribution is 7.89. The number of fused-ring (bicyclic) bond motifs is 1. The van der Waals surface area contributed by atoms with Gasteiger partial charge in [-0.1, -0.05) is 6.92 Å². The minimum absolute atomic E-state index is 0.178. The first-order valence-corrected chi connectivity index (χ1v) is 13.0. The molecule has 2 aromatic rings. The number of esters is 1. The normalized spacial score (nSPS) is 17.2. The van der Waals surface area contributed by atoms with Gasteiger partial charge in [0.05, 0.1) is 17.6 Å². The Morgan fingerprint density at radius 1 is 1.12 bits per heavy atom. The van der Waals surface area contributed by atoms with Crippen molar-refractivity contribution in [1.82, 2.24) is 9.21 Å². The predicted molar refractivity (Wildman–Crippen MR) is 123 cm³/mol. The summed E-state index contributed by atoms with van der Waals surface area (Å²) in [5, 5.41) is 3.32. The number of nitrogens with one attached hydrogen (secondary N) is 1. The molecule has 1 fully saturated rings. The molecule has 0 aliphatic carbocycles. The molecule has 1 amide bonds. The molecule has 0 spiro atoms. The number of carbonyl (C=O) groups is 2. The van der Waals surface area contributed by atoms with E-state index in [9.17, 15) is 18.0 Å². The summed E-state index contributed by atoms with van der Waals surface area (Å²) in [6.45, 7) is 5.65. The first-order chi connectivity index (χ1) is 15.3. The molecule has 1 aromatic carbocycles. The second kappa shape index (κ2) is 9.30. The summed E-state index contributed by atoms with van der Waals surface area (Å²) in [6, 6.07) is 5.93. The van der Waals surface area contributed by atoms with E-state index in [1.807, 2.05) is 0 Å². The third-order valence-corrected chi connectivity index (χ3v) is 9.06. The van der Waals surface area contributed by atoms with Gasteiger partial charge in [0.2, 0.25) is 10.0 Å². The zero-order valence-electron chi connectivity index (χ0n) is 18.2. The van der Waals surface area contributed by atoms with E-state index < -0.39 is 21.9 Å². The number of carbonyl (C=O) groups excluding carboxylic acids is 2. The first kappa shape index (κ1) is 22.9. The molecule has 0 unspecified atom stereocenters. The monoisotopic (exact) mass is 477 g/mol. The smallest absolute Gasteiger partial charge is 0.341 e. The second-order valence-corrected chi connectivity index (χ2v) is 11.0. The SMILES string of the molecule is CCN1CCc2c(sc(NC(=O)c3ccc(S(=O)(=O)N4CCCC4)cc3)c2C(=O)OC)C1. The van der Waals surface area contributed by atoms with Crippen molar-refractivity contribution in [2.24, 2.45) is 0 Å². The van der Waals surface area contributed by atoms with Crippen LogP contribution in [-0.2, 0) is 27.7 Å². The Morgan fingerprint density at radius 2 is 1.81 bits per heavy atom. The molecule has 32 heavy (non-hydrogen) atoms. The minimum atomic E-state index is -3.53. The maximum absolute atomic E-state index is 12.9. The van der Waals surface area contributed by atoms with Crippen molar-refractivity contribution < 1.29 is 22.7 Å². The Morgan fingerprint density at radius 3 is 2.44 bits per heavy atom. The van der Waals surface area contributed by atoms with Crippen molar-refractivity contribution in [3.05, 3.63) is 45.8 Å². The van der Waals surface area contributed by atoms with Gasteiger partial charge in [0.25, 0.3) is 5.91 Å². The van der Waals surface area contributed by atoms with E-state index in [2.05, 4.69) is 17.1 Å². The molecule has 0 atom stereocenters. The molecule has 10 heteroatoms. The molecule has 0 bridgehead atoms. The Balaban J connectivity index is 1.56. The van der Waals surface area contributed by atoms with Crippen LogP contribution in [0.2, 0.25) is 0 Å². The average molecular weight is 478 g/mol. The average Bonchev–Trinajstić information content (AvgIpc) is 3.46. The molecule has 1 saturated heterocycles. The fourth-order valence-corrected chi connectivity index (χ4v) is 6.95. The Bertz CT molecular complexity index is 1120. The molecule has 2 aliphatic heterocycles. The van der Waals surface area contributed by atoms with Crippen LogP contribution in [-0.4, -0.2) is 62.8 Å². The molecule has 0 radical (unpaired) electrons. The van der Waals surface area contributed by atoms with Crippen molar-refractivity contribution >= 4 is 38.2 Å². The van der Waals surface area contributed by atoms with E-state index in [0.29, 0.717) is 29.2 Å². The highest BCUT2D eigenvalue weighted by atomic mass is 32.2. The van der Waals surface area contributed by atoms with Gasteiger partial charge in [-0.25, -0.2) is 13.2 Å². The van der Waals surface area contributed by atoms with Gasteiger partial charge in [0.1, 0.15) is 5.00 Å². The van der Waals surface area contributed by atoms with Crippen molar-refractivity contribution in [3.8, 4) is 0 Å². The highest BCUT2D eigenvalue weighted by Gasteiger charge is 2.30. The molecule has 4 rings (SSSR count). The second-order valence-electron chi connectivity index (χ2n) is 7.91. The largest absolute Gasteiger partial charge is 0.465 e. The lowest BCUT2D eigenvalue weighted by Crippen LogP contribution is -2.29. The summed E-state index contributed by atoms with van der Waals surface area (Å²) in [4.78, 5) is 28.9. The zero-order valence-corrected chi connectivity index (χ0v) is 19.9. The summed E-state index contributed by atoms with van der Waals surface area (Å²) in [6.07, 6.45) is 2.45. The van der Waals surface area contributed by atoms with Crippen LogP contribution in [0.4, 0.5) is 5.00 Å². The molecule has 2 aliphatic rings. The van der Waals surface area contributed by atoms with Crippen molar-refractivity contribution in [1.29, 1.82) is 0 Å². The number of hydrogen-bond donors (Lipinski definition) is 1. The van der Waals surface area contributed by atoms with E-state index in [1.54, 1.807) is 0 Å². The Kier molecular flexibility index (Phi) is 6.66. The van der Waals surface area contributed by atoms with Crippen molar-refractivity contribution in [2.75, 3.05) is 38.6 Å². The van der Waals surface area contributed by atoms with Crippen LogP contribution >= 0.6 is 11.3 Å². The third kappa shape index (κ3) is 4.32. The van der Waals surface area contributed by atoms with Crippen LogP contribution in [0.5, 0.6) is 0 Å². The van der Waals surface area contributed by atoms with Gasteiger partial charge in [0.15, 0.2) is 0 Å². The summed E-state index contributed by atoms with van der Waals surface area (Å²) in [5.41, 5.74) is 1.68. The fourth-order valence-electron chi connectivity index (χ4n) is 4.16. The lowest BCUT2D eigenvalue weighted by atomic mass is 10.0. The number of rotatable bonds is 6. The molecule has 172 valence electrons. The van der Waals surface area contributed by atoms with Crippen LogP contribution in [0, 0.1) is 0 Å². The summed E-state index contributed by atoms with van der Waals surface area (Å²) < 4.78 is 31.8. The molecule has 3 heterocycles. The number of hydrogen-bond acceptors (Lipinski definition) is 7. The molecule has 1 aromatic heterocycles. The molecule has 1 N–H and O–H groups in total. The van der Waals surface area contributed by atoms with Crippen LogP contribution in [0.1, 0.15) is 50.9 Å². The predicted octanol–water partition coefficient (Wildman–Crippen LogP) is 2.95. The number of methoxy groups -OCH3 is 1. The Labute approximate surface area is 192 Å². The molecule has 0 saturated carbocycles. The number of sulfonamides is 1. The molecular weight excluding hydrogens is 450 g/mol. The van der Waals surface area contributed by atoms with Gasteiger partial charge in [-0.05, 0) is 55.6 Å². The van der Waals surface area contributed by atoms with Crippen molar-refractivity contribution in [3.63, 3.8) is 0 Å². The third-order valence-electron chi connectivity index (χ3n) is 6.02. The number of likely N-dealkylation sites (N-methyl/N-ethyl adjacent to an activating group) is 1. The Hall–Kier alpha value is -2.27. The van der Waals surface area contributed by atoms with Gasteiger partial charge in [-0.15, -0.1) is 11.3 Å². The summed E-state index contributed by atoms with van der Waals surface area (Å²) >= 11 is 1.39. The van der Waals surface area contributed by atoms with E-state index in [0.717, 1.165) is 49.3 Å². The quantitative estimate of drug-likeness (QED) is 0.643. The molecule has 8 nitrogen and oxygen atoms in total. The number of amides is 1.